The summed E-state index contributed by atoms with van der Waals surface area (Å²) in [5, 5.41) is 14.8. The molecule has 0 aliphatic heterocycles. The van der Waals surface area contributed by atoms with Gasteiger partial charge in [0.2, 0.25) is 0 Å². The minimum Gasteiger partial charge on any atom is -0.307 e. The number of nitrogens with one attached hydrogen (secondary N) is 1. The summed E-state index contributed by atoms with van der Waals surface area (Å²) in [7, 11) is 0. The van der Waals surface area contributed by atoms with Gasteiger partial charge in [0.05, 0.1) is 4.92 Å². The highest BCUT2D eigenvalue weighted by atomic mass is 16.6. The molecule has 4 unspecified atom stereocenters. The van der Waals surface area contributed by atoms with Crippen molar-refractivity contribution in [1.29, 1.82) is 0 Å². The minimum atomic E-state index is -0.302. The van der Waals surface area contributed by atoms with Gasteiger partial charge < -0.3 is 5.32 Å². The van der Waals surface area contributed by atoms with Gasteiger partial charge in [0.15, 0.2) is 0 Å². The lowest BCUT2D eigenvalue weighted by Gasteiger charge is -2.29. The van der Waals surface area contributed by atoms with E-state index in [4.69, 9.17) is 0 Å². The summed E-state index contributed by atoms with van der Waals surface area (Å²) < 4.78 is 0. The van der Waals surface area contributed by atoms with Crippen LogP contribution in [0.2, 0.25) is 0 Å². The van der Waals surface area contributed by atoms with E-state index >= 15 is 0 Å². The zero-order chi connectivity index (χ0) is 14.8. The molecule has 1 N–H and O–H groups in total. The molecule has 2 aliphatic carbocycles. The monoisotopic (exact) mass is 288 g/mol. The molecular formula is C17H24N2O2. The molecule has 21 heavy (non-hydrogen) atoms. The summed E-state index contributed by atoms with van der Waals surface area (Å²) in [6.07, 6.45) is 7.55. The lowest BCUT2D eigenvalue weighted by Crippen LogP contribution is -2.36. The van der Waals surface area contributed by atoms with Crippen molar-refractivity contribution in [3.63, 3.8) is 0 Å². The van der Waals surface area contributed by atoms with Crippen LogP contribution < -0.4 is 5.32 Å². The Morgan fingerprint density at radius 3 is 2.86 bits per heavy atom. The van der Waals surface area contributed by atoms with E-state index in [0.29, 0.717) is 6.04 Å². The minimum absolute atomic E-state index is 0.198. The molecule has 0 saturated heterocycles. The second-order valence-corrected chi connectivity index (χ2v) is 6.64. The van der Waals surface area contributed by atoms with E-state index in [1.54, 1.807) is 18.2 Å². The molecule has 0 spiro atoms. The molecule has 0 heterocycles. The highest BCUT2D eigenvalue weighted by Gasteiger charge is 2.40. The van der Waals surface area contributed by atoms with Crippen LogP contribution in [0.1, 0.15) is 57.1 Å². The predicted molar refractivity (Wildman–Crippen MR) is 83.1 cm³/mol. The molecule has 0 aromatic heterocycles. The van der Waals surface area contributed by atoms with Gasteiger partial charge in [-0.1, -0.05) is 31.9 Å². The number of nitro benzene ring substituents is 1. The summed E-state index contributed by atoms with van der Waals surface area (Å²) in [4.78, 5) is 10.7. The molecule has 4 atom stereocenters. The third-order valence-corrected chi connectivity index (χ3v) is 5.21. The van der Waals surface area contributed by atoms with Gasteiger partial charge in [-0.3, -0.25) is 10.1 Å². The average Bonchev–Trinajstić information content (AvgIpc) is 3.09. The van der Waals surface area contributed by atoms with Gasteiger partial charge >= 0.3 is 0 Å². The maximum atomic E-state index is 11.0. The molecule has 1 aromatic rings. The van der Waals surface area contributed by atoms with Crippen LogP contribution in [0.4, 0.5) is 5.69 Å². The van der Waals surface area contributed by atoms with Crippen LogP contribution in [-0.2, 0) is 0 Å². The van der Waals surface area contributed by atoms with E-state index in [9.17, 15) is 10.1 Å². The van der Waals surface area contributed by atoms with E-state index < -0.39 is 0 Å². The Hall–Kier alpha value is -1.42. The standard InChI is InChI=1S/C17H24N2O2/c1-2-4-16(13-5-3-6-15(11-13)19(20)21)18-17-10-12-7-8-14(17)9-12/h3,5-6,11-12,14,16-18H,2,4,7-10H2,1H3. The maximum Gasteiger partial charge on any atom is 0.269 e. The zero-order valence-electron chi connectivity index (χ0n) is 12.6. The zero-order valence-corrected chi connectivity index (χ0v) is 12.6. The first-order valence-corrected chi connectivity index (χ1v) is 8.17. The molecule has 2 fully saturated rings. The molecule has 0 radical (unpaired) electrons. The Morgan fingerprint density at radius 2 is 2.24 bits per heavy atom. The van der Waals surface area contributed by atoms with Crippen molar-refractivity contribution in [1.82, 2.24) is 5.32 Å². The highest BCUT2D eigenvalue weighted by molar-refractivity contribution is 5.36. The number of non-ortho nitro benzene ring substituents is 1. The van der Waals surface area contributed by atoms with E-state index in [2.05, 4.69) is 12.2 Å². The first-order chi connectivity index (χ1) is 10.2. The Bertz CT molecular complexity index is 517. The fourth-order valence-corrected chi connectivity index (χ4v) is 4.20. The summed E-state index contributed by atoms with van der Waals surface area (Å²) in [6.45, 7) is 2.17. The molecule has 4 nitrogen and oxygen atoms in total. The lowest BCUT2D eigenvalue weighted by atomic mass is 9.92. The predicted octanol–water partition coefficient (Wildman–Crippen LogP) is 4.21. The van der Waals surface area contributed by atoms with E-state index in [1.807, 2.05) is 6.07 Å². The van der Waals surface area contributed by atoms with Crippen LogP contribution in [0, 0.1) is 22.0 Å². The summed E-state index contributed by atoms with van der Waals surface area (Å²) in [6, 6.07) is 8.00. The Labute approximate surface area is 126 Å². The summed E-state index contributed by atoms with van der Waals surface area (Å²) in [5.74, 6) is 1.74. The third kappa shape index (κ3) is 3.10. The van der Waals surface area contributed by atoms with Crippen molar-refractivity contribution < 1.29 is 4.92 Å². The van der Waals surface area contributed by atoms with Crippen LogP contribution in [0.25, 0.3) is 0 Å². The molecule has 4 heteroatoms. The van der Waals surface area contributed by atoms with Gasteiger partial charge in [-0.05, 0) is 43.1 Å². The van der Waals surface area contributed by atoms with Crippen molar-refractivity contribution in [2.24, 2.45) is 11.8 Å². The molecular weight excluding hydrogens is 264 g/mol. The van der Waals surface area contributed by atoms with Gasteiger partial charge in [-0.15, -0.1) is 0 Å². The number of hydrogen-bond donors (Lipinski definition) is 1. The van der Waals surface area contributed by atoms with Crippen LogP contribution in [0.3, 0.4) is 0 Å². The number of nitro groups is 1. The van der Waals surface area contributed by atoms with Crippen LogP contribution in [0.15, 0.2) is 24.3 Å². The van der Waals surface area contributed by atoms with Gasteiger partial charge in [-0.2, -0.15) is 0 Å². The topological polar surface area (TPSA) is 55.2 Å². The maximum absolute atomic E-state index is 11.0. The highest BCUT2D eigenvalue weighted by Crippen LogP contribution is 2.45. The molecule has 2 saturated carbocycles. The van der Waals surface area contributed by atoms with Crippen molar-refractivity contribution in [2.45, 2.75) is 57.5 Å². The number of hydrogen-bond acceptors (Lipinski definition) is 3. The SMILES string of the molecule is CCCC(NC1CC2CCC1C2)c1cccc([N+](=O)[O-])c1. The molecule has 0 amide bonds. The quantitative estimate of drug-likeness (QED) is 0.630. The fraction of sp³-hybridized carbons (Fsp3) is 0.647. The second-order valence-electron chi connectivity index (χ2n) is 6.64. The summed E-state index contributed by atoms with van der Waals surface area (Å²) >= 11 is 0. The van der Waals surface area contributed by atoms with E-state index in [1.165, 1.54) is 25.7 Å². The lowest BCUT2D eigenvalue weighted by molar-refractivity contribution is -0.384. The smallest absolute Gasteiger partial charge is 0.269 e. The first-order valence-electron chi connectivity index (χ1n) is 8.17. The fourth-order valence-electron chi connectivity index (χ4n) is 4.20. The van der Waals surface area contributed by atoms with Crippen molar-refractivity contribution in [3.8, 4) is 0 Å². The molecule has 2 bridgehead atoms. The van der Waals surface area contributed by atoms with Crippen LogP contribution >= 0.6 is 0 Å². The van der Waals surface area contributed by atoms with Gasteiger partial charge in [0.25, 0.3) is 5.69 Å². The largest absolute Gasteiger partial charge is 0.307 e. The van der Waals surface area contributed by atoms with E-state index in [0.717, 1.165) is 30.2 Å². The Morgan fingerprint density at radius 1 is 1.38 bits per heavy atom. The Balaban J connectivity index is 1.74. The second kappa shape index (κ2) is 6.14. The van der Waals surface area contributed by atoms with E-state index in [-0.39, 0.29) is 16.7 Å². The van der Waals surface area contributed by atoms with Crippen LogP contribution in [-0.4, -0.2) is 11.0 Å². The van der Waals surface area contributed by atoms with Gasteiger partial charge in [0, 0.05) is 24.2 Å². The van der Waals surface area contributed by atoms with Crippen molar-refractivity contribution in [3.05, 3.63) is 39.9 Å². The molecule has 114 valence electrons. The number of nitrogens with zero attached hydrogens (tertiary/aromatic N) is 1. The first kappa shape index (κ1) is 14.5. The molecule has 3 rings (SSSR count). The molecule has 2 aliphatic rings. The van der Waals surface area contributed by atoms with Gasteiger partial charge in [0.1, 0.15) is 0 Å². The normalized spacial score (nSPS) is 28.7. The number of fused-ring (bicyclic) bond motifs is 2. The average molecular weight is 288 g/mol. The molecule has 1 aromatic carbocycles. The summed E-state index contributed by atoms with van der Waals surface area (Å²) in [5.41, 5.74) is 1.26. The van der Waals surface area contributed by atoms with Crippen LogP contribution in [0.5, 0.6) is 0 Å². The van der Waals surface area contributed by atoms with Crippen molar-refractivity contribution in [2.75, 3.05) is 0 Å². The van der Waals surface area contributed by atoms with Gasteiger partial charge in [-0.25, -0.2) is 0 Å². The van der Waals surface area contributed by atoms with Crippen molar-refractivity contribution >= 4 is 5.69 Å². The third-order valence-electron chi connectivity index (χ3n) is 5.21. The number of rotatable bonds is 6. The number of benzene rings is 1. The Kier molecular flexibility index (Phi) is 4.24.